The van der Waals surface area contributed by atoms with Gasteiger partial charge in [-0.3, -0.25) is 9.69 Å². The molecule has 0 heterocycles. The van der Waals surface area contributed by atoms with Crippen LogP contribution in [0.2, 0.25) is 0 Å². The first-order chi connectivity index (χ1) is 10.6. The van der Waals surface area contributed by atoms with Gasteiger partial charge in [0.25, 0.3) is 0 Å². The number of rotatable bonds is 10. The van der Waals surface area contributed by atoms with E-state index in [-0.39, 0.29) is 12.5 Å². The highest BCUT2D eigenvalue weighted by Gasteiger charge is 2.10. The lowest BCUT2D eigenvalue weighted by Crippen LogP contribution is -2.37. The van der Waals surface area contributed by atoms with E-state index >= 15 is 0 Å². The van der Waals surface area contributed by atoms with E-state index in [2.05, 4.69) is 5.32 Å². The van der Waals surface area contributed by atoms with Gasteiger partial charge in [-0.2, -0.15) is 0 Å². The summed E-state index contributed by atoms with van der Waals surface area (Å²) in [5, 5.41) is 2.85. The van der Waals surface area contributed by atoms with Crippen LogP contribution in [0.15, 0.2) is 24.3 Å². The molecule has 0 aromatic heterocycles. The Kier molecular flexibility index (Phi) is 8.61. The number of carbonyl (C=O) groups is 1. The molecule has 0 aliphatic carbocycles. The summed E-state index contributed by atoms with van der Waals surface area (Å²) in [4.78, 5) is 14.4. The van der Waals surface area contributed by atoms with Gasteiger partial charge in [-0.25, -0.2) is 0 Å². The molecule has 1 aromatic carbocycles. The lowest BCUT2D eigenvalue weighted by Gasteiger charge is -2.20. The molecule has 0 atom stereocenters. The molecule has 122 valence electrons. The molecule has 0 saturated carbocycles. The van der Waals surface area contributed by atoms with E-state index < -0.39 is 0 Å². The maximum atomic E-state index is 12.1. The minimum atomic E-state index is -0.0877. The van der Waals surface area contributed by atoms with Crippen molar-refractivity contribution in [3.05, 3.63) is 29.8 Å². The van der Waals surface area contributed by atoms with E-state index in [4.69, 9.17) is 27.4 Å². The zero-order valence-electron chi connectivity index (χ0n) is 13.0. The predicted molar refractivity (Wildman–Crippen MR) is 91.2 cm³/mol. The summed E-state index contributed by atoms with van der Waals surface area (Å²) in [5.41, 5.74) is 7.02. The van der Waals surface area contributed by atoms with Crippen molar-refractivity contribution in [2.24, 2.45) is 5.73 Å². The molecule has 6 nitrogen and oxygen atoms in total. The fraction of sp³-hybridized carbons (Fsp3) is 0.467. The molecule has 1 rings (SSSR count). The summed E-state index contributed by atoms with van der Waals surface area (Å²) in [7, 11) is 3.27. The molecule has 0 bridgehead atoms. The van der Waals surface area contributed by atoms with E-state index in [9.17, 15) is 4.79 Å². The van der Waals surface area contributed by atoms with Crippen molar-refractivity contribution in [1.29, 1.82) is 0 Å². The Hall–Kier alpha value is -1.54. The summed E-state index contributed by atoms with van der Waals surface area (Å²) in [6, 6.07) is 7.12. The third-order valence-electron chi connectivity index (χ3n) is 3.04. The molecule has 0 aliphatic rings. The second kappa shape index (κ2) is 10.2. The molecular weight excluding hydrogens is 302 g/mol. The smallest absolute Gasteiger partial charge is 0.238 e. The number of carbonyl (C=O) groups excluding carboxylic acids is 1. The molecular formula is C15H23N3O3S. The van der Waals surface area contributed by atoms with E-state index in [0.717, 1.165) is 5.56 Å². The summed E-state index contributed by atoms with van der Waals surface area (Å²) in [6.45, 7) is 2.77. The maximum absolute atomic E-state index is 12.1. The molecule has 0 aliphatic heterocycles. The topological polar surface area (TPSA) is 76.8 Å². The van der Waals surface area contributed by atoms with Crippen molar-refractivity contribution in [1.82, 2.24) is 4.90 Å². The monoisotopic (exact) mass is 325 g/mol. The van der Waals surface area contributed by atoms with Crippen molar-refractivity contribution in [2.45, 2.75) is 0 Å². The van der Waals surface area contributed by atoms with E-state index in [1.54, 1.807) is 38.5 Å². The first-order valence-electron chi connectivity index (χ1n) is 6.96. The Morgan fingerprint density at radius 1 is 1.18 bits per heavy atom. The second-order valence-electron chi connectivity index (χ2n) is 4.75. The SMILES string of the molecule is COCCN(CCOC)CC(=O)Nc1ccc(C(N)=S)cc1. The van der Waals surface area contributed by atoms with Gasteiger partial charge >= 0.3 is 0 Å². The lowest BCUT2D eigenvalue weighted by atomic mass is 10.2. The van der Waals surface area contributed by atoms with Gasteiger partial charge in [-0.15, -0.1) is 0 Å². The number of nitrogens with one attached hydrogen (secondary N) is 1. The van der Waals surface area contributed by atoms with Crippen LogP contribution >= 0.6 is 12.2 Å². The number of methoxy groups -OCH3 is 2. The van der Waals surface area contributed by atoms with Gasteiger partial charge in [0.2, 0.25) is 5.91 Å². The van der Waals surface area contributed by atoms with Gasteiger partial charge < -0.3 is 20.5 Å². The number of hydrogen-bond donors (Lipinski definition) is 2. The van der Waals surface area contributed by atoms with Gasteiger partial charge in [0.05, 0.1) is 19.8 Å². The zero-order valence-corrected chi connectivity index (χ0v) is 13.8. The molecule has 0 fully saturated rings. The van der Waals surface area contributed by atoms with Gasteiger partial charge in [-0.05, 0) is 24.3 Å². The van der Waals surface area contributed by atoms with Crippen molar-refractivity contribution < 1.29 is 14.3 Å². The average Bonchev–Trinajstić information content (AvgIpc) is 2.50. The quantitative estimate of drug-likeness (QED) is 0.621. The third kappa shape index (κ3) is 6.95. The van der Waals surface area contributed by atoms with E-state index in [1.165, 1.54) is 0 Å². The number of nitrogens with zero attached hydrogens (tertiary/aromatic N) is 1. The van der Waals surface area contributed by atoms with Crippen LogP contribution in [0.4, 0.5) is 5.69 Å². The van der Waals surface area contributed by atoms with Gasteiger partial charge in [0.15, 0.2) is 0 Å². The molecule has 0 radical (unpaired) electrons. The Labute approximate surface area is 136 Å². The standard InChI is InChI=1S/C15H23N3O3S/c1-20-9-7-18(8-10-21-2)11-14(19)17-13-5-3-12(4-6-13)15(16)22/h3-6H,7-11H2,1-2H3,(H2,16,22)(H,17,19). The highest BCUT2D eigenvalue weighted by atomic mass is 32.1. The van der Waals surface area contributed by atoms with Crippen LogP contribution in [0.25, 0.3) is 0 Å². The lowest BCUT2D eigenvalue weighted by molar-refractivity contribution is -0.117. The first kappa shape index (κ1) is 18.5. The zero-order chi connectivity index (χ0) is 16.4. The molecule has 7 heteroatoms. The summed E-state index contributed by atoms with van der Waals surface area (Å²) >= 11 is 4.89. The van der Waals surface area contributed by atoms with Gasteiger partial charge in [-0.1, -0.05) is 12.2 Å². The fourth-order valence-electron chi connectivity index (χ4n) is 1.83. The van der Waals surface area contributed by atoms with Crippen LogP contribution in [-0.4, -0.2) is 62.9 Å². The molecule has 1 amide bonds. The Bertz CT molecular complexity index is 471. The van der Waals surface area contributed by atoms with Crippen LogP contribution in [0, 0.1) is 0 Å². The van der Waals surface area contributed by atoms with Crippen LogP contribution in [0.1, 0.15) is 5.56 Å². The van der Waals surface area contributed by atoms with Crippen molar-refractivity contribution >= 4 is 28.8 Å². The number of thiocarbonyl (C=S) groups is 1. The van der Waals surface area contributed by atoms with Crippen molar-refractivity contribution in [3.8, 4) is 0 Å². The number of hydrogen-bond acceptors (Lipinski definition) is 5. The molecule has 3 N–H and O–H groups in total. The van der Waals surface area contributed by atoms with Crippen LogP contribution < -0.4 is 11.1 Å². The van der Waals surface area contributed by atoms with E-state index in [0.29, 0.717) is 37.0 Å². The first-order valence-corrected chi connectivity index (χ1v) is 7.37. The second-order valence-corrected chi connectivity index (χ2v) is 5.19. The highest BCUT2D eigenvalue weighted by molar-refractivity contribution is 7.80. The Balaban J connectivity index is 2.52. The third-order valence-corrected chi connectivity index (χ3v) is 3.28. The summed E-state index contributed by atoms with van der Waals surface area (Å²) < 4.78 is 10.1. The predicted octanol–water partition coefficient (Wildman–Crippen LogP) is 0.854. The van der Waals surface area contributed by atoms with Gasteiger partial charge in [0, 0.05) is 38.6 Å². The number of anilines is 1. The average molecular weight is 325 g/mol. The number of benzene rings is 1. The Morgan fingerprint density at radius 3 is 2.18 bits per heavy atom. The molecule has 0 saturated heterocycles. The summed E-state index contributed by atoms with van der Waals surface area (Å²) in [5.74, 6) is -0.0877. The molecule has 0 spiro atoms. The molecule has 1 aromatic rings. The largest absolute Gasteiger partial charge is 0.389 e. The molecule has 0 unspecified atom stereocenters. The minimum absolute atomic E-state index is 0.0877. The van der Waals surface area contributed by atoms with Crippen LogP contribution in [-0.2, 0) is 14.3 Å². The number of nitrogens with two attached hydrogens (primary N) is 1. The number of amides is 1. The van der Waals surface area contributed by atoms with Gasteiger partial charge in [0.1, 0.15) is 4.99 Å². The van der Waals surface area contributed by atoms with Crippen LogP contribution in [0.3, 0.4) is 0 Å². The number of ether oxygens (including phenoxy) is 2. The minimum Gasteiger partial charge on any atom is -0.389 e. The normalized spacial score (nSPS) is 10.7. The Morgan fingerprint density at radius 2 is 1.73 bits per heavy atom. The van der Waals surface area contributed by atoms with Crippen molar-refractivity contribution in [2.75, 3.05) is 52.4 Å². The van der Waals surface area contributed by atoms with Crippen molar-refractivity contribution in [3.63, 3.8) is 0 Å². The molecule has 22 heavy (non-hydrogen) atoms. The van der Waals surface area contributed by atoms with Crippen LogP contribution in [0.5, 0.6) is 0 Å². The van der Waals surface area contributed by atoms with E-state index in [1.807, 2.05) is 4.90 Å². The highest BCUT2D eigenvalue weighted by Crippen LogP contribution is 2.09. The summed E-state index contributed by atoms with van der Waals surface area (Å²) in [6.07, 6.45) is 0. The fourth-order valence-corrected chi connectivity index (χ4v) is 1.97. The maximum Gasteiger partial charge on any atom is 0.238 e.